The number of nitrogens with one attached hydrogen (secondary N) is 1. The maximum atomic E-state index is 6.18. The Kier molecular flexibility index (Phi) is 6.50. The van der Waals surface area contributed by atoms with Crippen LogP contribution in [0.4, 0.5) is 0 Å². The van der Waals surface area contributed by atoms with Crippen molar-refractivity contribution in [2.24, 2.45) is 4.99 Å². The molecule has 0 radical (unpaired) electrons. The Morgan fingerprint density at radius 2 is 1.42 bits per heavy atom. The molecule has 1 aliphatic heterocycles. The van der Waals surface area contributed by atoms with Crippen molar-refractivity contribution in [3.05, 3.63) is 81.5 Å². The number of amidine groups is 1. The summed E-state index contributed by atoms with van der Waals surface area (Å²) in [5, 5.41) is 4.99. The van der Waals surface area contributed by atoms with Gasteiger partial charge >= 0.3 is 6.01 Å². The van der Waals surface area contributed by atoms with Crippen LogP contribution in [0.5, 0.6) is 11.9 Å². The summed E-state index contributed by atoms with van der Waals surface area (Å²) in [6.45, 7) is 8.93. The Balaban J connectivity index is 1.87. The second-order valence-corrected chi connectivity index (χ2v) is 8.91. The summed E-state index contributed by atoms with van der Waals surface area (Å²) in [6.07, 6.45) is 1.69. The smallest absolute Gasteiger partial charge is 0.319 e. The van der Waals surface area contributed by atoms with Crippen molar-refractivity contribution in [2.45, 2.75) is 38.8 Å². The van der Waals surface area contributed by atoms with E-state index >= 15 is 0 Å². The number of rotatable bonds is 7. The first kappa shape index (κ1) is 23.3. The molecule has 0 saturated carbocycles. The van der Waals surface area contributed by atoms with E-state index in [1.165, 1.54) is 0 Å². The third kappa shape index (κ3) is 4.25. The Morgan fingerprint density at radius 3 is 2.00 bits per heavy atom. The van der Waals surface area contributed by atoms with Gasteiger partial charge in [0, 0.05) is 16.2 Å². The van der Waals surface area contributed by atoms with Gasteiger partial charge in [-0.05, 0) is 63.1 Å². The number of aliphatic imine (C=N–C) groups is 1. The molecule has 8 heteroatoms. The van der Waals surface area contributed by atoms with Crippen molar-refractivity contribution in [1.29, 1.82) is 0 Å². The average molecular weight is 485 g/mol. The van der Waals surface area contributed by atoms with Crippen LogP contribution in [0, 0.1) is 0 Å². The molecule has 0 aliphatic carbocycles. The number of hydrogen-bond acceptors (Lipinski definition) is 6. The van der Waals surface area contributed by atoms with Gasteiger partial charge in [0.25, 0.3) is 0 Å². The number of nitrogens with zero attached hydrogens (tertiary/aromatic N) is 3. The van der Waals surface area contributed by atoms with Crippen LogP contribution in [0.3, 0.4) is 0 Å². The summed E-state index contributed by atoms with van der Waals surface area (Å²) in [4.78, 5) is 14.0. The second kappa shape index (κ2) is 9.20. The van der Waals surface area contributed by atoms with Crippen LogP contribution in [-0.4, -0.2) is 29.0 Å². The molecule has 1 N–H and O–H groups in total. The van der Waals surface area contributed by atoms with Gasteiger partial charge in [-0.25, -0.2) is 4.98 Å². The van der Waals surface area contributed by atoms with Crippen LogP contribution >= 0.6 is 23.2 Å². The van der Waals surface area contributed by atoms with E-state index in [1.54, 1.807) is 6.20 Å². The standard InChI is InChI=1S/C25H26Cl2N4O2/c1-5-32-22-20(15-28-23(29-22)33-6-2)21-30-24(3,16-7-11-18(26)12-8-16)25(4,31-21)17-9-13-19(27)14-10-17/h7-15H,5-6H2,1-4H3,(H,30,31). The summed E-state index contributed by atoms with van der Waals surface area (Å²) in [5.41, 5.74) is 1.42. The van der Waals surface area contributed by atoms with Gasteiger partial charge in [0.1, 0.15) is 11.4 Å². The quantitative estimate of drug-likeness (QED) is 0.461. The maximum Gasteiger partial charge on any atom is 0.319 e. The predicted molar refractivity (Wildman–Crippen MR) is 132 cm³/mol. The second-order valence-electron chi connectivity index (χ2n) is 8.03. The highest BCUT2D eigenvalue weighted by Crippen LogP contribution is 2.48. The van der Waals surface area contributed by atoms with Gasteiger partial charge in [-0.2, -0.15) is 4.98 Å². The van der Waals surface area contributed by atoms with Gasteiger partial charge in [-0.15, -0.1) is 0 Å². The zero-order valence-corrected chi connectivity index (χ0v) is 20.5. The van der Waals surface area contributed by atoms with Crippen LogP contribution in [-0.2, 0) is 11.1 Å². The molecule has 4 rings (SSSR count). The van der Waals surface area contributed by atoms with Crippen molar-refractivity contribution >= 4 is 29.0 Å². The lowest BCUT2D eigenvalue weighted by atomic mass is 9.72. The molecule has 0 saturated heterocycles. The summed E-state index contributed by atoms with van der Waals surface area (Å²) in [5.74, 6) is 1.05. The highest BCUT2D eigenvalue weighted by atomic mass is 35.5. The van der Waals surface area contributed by atoms with Crippen molar-refractivity contribution in [3.8, 4) is 11.9 Å². The molecular formula is C25H26Cl2N4O2. The monoisotopic (exact) mass is 484 g/mol. The average Bonchev–Trinajstić information content (AvgIpc) is 3.07. The van der Waals surface area contributed by atoms with Gasteiger partial charge in [-0.1, -0.05) is 47.5 Å². The van der Waals surface area contributed by atoms with E-state index in [2.05, 4.69) is 29.1 Å². The molecule has 172 valence electrons. The summed E-state index contributed by atoms with van der Waals surface area (Å²) < 4.78 is 11.3. The molecule has 1 aromatic heterocycles. The summed E-state index contributed by atoms with van der Waals surface area (Å²) >= 11 is 12.4. The van der Waals surface area contributed by atoms with Crippen LogP contribution in [0.15, 0.2) is 59.7 Å². The first-order chi connectivity index (χ1) is 15.8. The molecule has 2 unspecified atom stereocenters. The maximum absolute atomic E-state index is 6.18. The minimum atomic E-state index is -0.678. The molecule has 6 nitrogen and oxygen atoms in total. The fraction of sp³-hybridized carbons (Fsp3) is 0.320. The number of ether oxygens (including phenoxy) is 2. The van der Waals surface area contributed by atoms with E-state index in [-0.39, 0.29) is 6.01 Å². The normalized spacial score (nSPS) is 21.9. The fourth-order valence-electron chi connectivity index (χ4n) is 4.07. The Morgan fingerprint density at radius 1 is 0.848 bits per heavy atom. The van der Waals surface area contributed by atoms with Crippen LogP contribution in [0.25, 0.3) is 0 Å². The lowest BCUT2D eigenvalue weighted by molar-refractivity contribution is 0.268. The molecule has 0 spiro atoms. The minimum Gasteiger partial charge on any atom is -0.477 e. The molecular weight excluding hydrogens is 459 g/mol. The van der Waals surface area contributed by atoms with Crippen molar-refractivity contribution in [1.82, 2.24) is 15.3 Å². The lowest BCUT2D eigenvalue weighted by Crippen LogP contribution is -2.50. The molecule has 2 aromatic carbocycles. The van der Waals surface area contributed by atoms with Gasteiger partial charge in [-0.3, -0.25) is 4.99 Å². The van der Waals surface area contributed by atoms with Crippen LogP contribution < -0.4 is 14.8 Å². The minimum absolute atomic E-state index is 0.268. The zero-order valence-electron chi connectivity index (χ0n) is 19.0. The number of aromatic nitrogens is 2. The SMILES string of the molecule is CCOc1ncc(C2=NC(C)(c3ccc(Cl)cc3)C(C)(c3ccc(Cl)cc3)N2)c(OCC)n1. The highest BCUT2D eigenvalue weighted by molar-refractivity contribution is 6.30. The van der Waals surface area contributed by atoms with Crippen molar-refractivity contribution in [2.75, 3.05) is 13.2 Å². The van der Waals surface area contributed by atoms with Crippen LogP contribution in [0.1, 0.15) is 44.4 Å². The molecule has 1 aliphatic rings. The highest BCUT2D eigenvalue weighted by Gasteiger charge is 2.52. The van der Waals surface area contributed by atoms with E-state index in [0.717, 1.165) is 11.1 Å². The first-order valence-corrected chi connectivity index (χ1v) is 11.6. The number of halogens is 2. The van der Waals surface area contributed by atoms with Gasteiger partial charge in [0.2, 0.25) is 5.88 Å². The number of hydrogen-bond donors (Lipinski definition) is 1. The Bertz CT molecular complexity index is 1170. The molecule has 33 heavy (non-hydrogen) atoms. The topological polar surface area (TPSA) is 68.6 Å². The van der Waals surface area contributed by atoms with E-state index in [9.17, 15) is 0 Å². The van der Waals surface area contributed by atoms with E-state index in [1.807, 2.05) is 62.4 Å². The van der Waals surface area contributed by atoms with Gasteiger partial charge in [0.05, 0.1) is 24.3 Å². The lowest BCUT2D eigenvalue weighted by Gasteiger charge is -2.40. The molecule has 3 aromatic rings. The molecule has 0 fully saturated rings. The molecule has 0 bridgehead atoms. The predicted octanol–water partition coefficient (Wildman–Crippen LogP) is 5.76. The van der Waals surface area contributed by atoms with Crippen LogP contribution in [0.2, 0.25) is 10.0 Å². The first-order valence-electron chi connectivity index (χ1n) is 10.8. The Labute approximate surface area is 204 Å². The van der Waals surface area contributed by atoms with Crippen molar-refractivity contribution in [3.63, 3.8) is 0 Å². The van der Waals surface area contributed by atoms with Gasteiger partial charge < -0.3 is 14.8 Å². The van der Waals surface area contributed by atoms with E-state index < -0.39 is 11.1 Å². The third-order valence-electron chi connectivity index (χ3n) is 6.05. The molecule has 2 heterocycles. The summed E-state index contributed by atoms with van der Waals surface area (Å²) in [7, 11) is 0. The van der Waals surface area contributed by atoms with E-state index in [4.69, 9.17) is 37.7 Å². The third-order valence-corrected chi connectivity index (χ3v) is 6.55. The van der Waals surface area contributed by atoms with Crippen molar-refractivity contribution < 1.29 is 9.47 Å². The zero-order chi connectivity index (χ0) is 23.6. The van der Waals surface area contributed by atoms with E-state index in [0.29, 0.717) is 40.5 Å². The molecule has 0 amide bonds. The summed E-state index contributed by atoms with van der Waals surface area (Å²) in [6, 6.07) is 15.8. The largest absolute Gasteiger partial charge is 0.477 e. The van der Waals surface area contributed by atoms with Gasteiger partial charge in [0.15, 0.2) is 0 Å². The molecule has 2 atom stereocenters. The Hall–Kier alpha value is -2.83. The fourth-order valence-corrected chi connectivity index (χ4v) is 4.32. The number of benzene rings is 2.